The number of pyridine rings is 2. The van der Waals surface area contributed by atoms with E-state index in [1.54, 1.807) is 7.11 Å². The number of piperazine rings is 1. The standard InChI is InChI=1S/C43H56N8O4/c1-6-50-38-15-12-28-21-32(38)34(40(50)33-23-31(25-45-39(33)27(2)54-5)49-19-17-48(18-20-49)30-13-14-30)24-43(3,4)26-55-42(53)37-11-8-16-51(47-37)41(52)35(44)22-29-9-7-10-36(28)46-29/h7,9-10,12,15,21,23,25,27,30,35,37,47H,6,8,11,13-14,16-20,22,24,26,44H2,1-5H3/t27-,35-,37-/m0/s1. The van der Waals surface area contributed by atoms with Crippen molar-refractivity contribution in [3.05, 3.63) is 65.6 Å². The van der Waals surface area contributed by atoms with Crippen LogP contribution in [-0.2, 0) is 38.4 Å². The fraction of sp³-hybridized carbons (Fsp3) is 0.535. The average Bonchev–Trinajstić information content (AvgIpc) is 4.02. The van der Waals surface area contributed by atoms with Gasteiger partial charge in [0.25, 0.3) is 5.91 Å². The Morgan fingerprint density at radius 2 is 1.85 bits per heavy atom. The molecule has 0 spiro atoms. The molecule has 6 heterocycles. The maximum Gasteiger partial charge on any atom is 0.324 e. The van der Waals surface area contributed by atoms with Crippen molar-refractivity contribution in [2.24, 2.45) is 11.1 Å². The number of anilines is 1. The number of fused-ring (bicyclic) bond motifs is 6. The Morgan fingerprint density at radius 1 is 1.05 bits per heavy atom. The van der Waals surface area contributed by atoms with Crippen molar-refractivity contribution in [1.29, 1.82) is 0 Å². The minimum Gasteiger partial charge on any atom is -0.464 e. The number of nitrogens with one attached hydrogen (secondary N) is 1. The van der Waals surface area contributed by atoms with E-state index in [1.807, 2.05) is 24.4 Å². The molecule has 55 heavy (non-hydrogen) atoms. The Balaban J connectivity index is 1.28. The van der Waals surface area contributed by atoms with Crippen molar-refractivity contribution in [2.45, 2.75) is 97.0 Å². The molecule has 6 bridgehead atoms. The van der Waals surface area contributed by atoms with Crippen molar-refractivity contribution < 1.29 is 19.1 Å². The molecule has 3 fully saturated rings. The molecule has 2 saturated heterocycles. The summed E-state index contributed by atoms with van der Waals surface area (Å²) in [4.78, 5) is 42.3. The van der Waals surface area contributed by atoms with Gasteiger partial charge in [0.1, 0.15) is 6.04 Å². The summed E-state index contributed by atoms with van der Waals surface area (Å²) in [5.74, 6) is -0.616. The molecule has 0 unspecified atom stereocenters. The third kappa shape index (κ3) is 7.61. The number of aryl methyl sites for hydroxylation is 1. The third-order valence-electron chi connectivity index (χ3n) is 12.0. The van der Waals surface area contributed by atoms with Crippen LogP contribution in [-0.4, -0.2) is 101 Å². The lowest BCUT2D eigenvalue weighted by molar-refractivity contribution is -0.154. The Hall–Kier alpha value is -4.36. The van der Waals surface area contributed by atoms with E-state index in [0.29, 0.717) is 25.8 Å². The van der Waals surface area contributed by atoms with Gasteiger partial charge in [-0.05, 0) is 81.8 Å². The van der Waals surface area contributed by atoms with Gasteiger partial charge in [-0.2, -0.15) is 0 Å². The average molecular weight is 749 g/mol. The Labute approximate surface area is 324 Å². The number of methoxy groups -OCH3 is 1. The number of ether oxygens (including phenoxy) is 2. The molecule has 4 aliphatic rings. The van der Waals surface area contributed by atoms with Crippen molar-refractivity contribution in [3.63, 3.8) is 0 Å². The third-order valence-corrected chi connectivity index (χ3v) is 12.0. The number of carbonyl (C=O) groups excluding carboxylic acids is 2. The number of amides is 1. The minimum absolute atomic E-state index is 0.212. The van der Waals surface area contributed by atoms with Gasteiger partial charge in [0.2, 0.25) is 0 Å². The summed E-state index contributed by atoms with van der Waals surface area (Å²) in [5, 5.41) is 2.62. The van der Waals surface area contributed by atoms with Crippen LogP contribution in [0.25, 0.3) is 33.4 Å². The van der Waals surface area contributed by atoms with Crippen LogP contribution in [0, 0.1) is 5.41 Å². The van der Waals surface area contributed by atoms with Crippen molar-refractivity contribution in [2.75, 3.05) is 51.3 Å². The number of hydrogen-bond donors (Lipinski definition) is 2. The Kier molecular flexibility index (Phi) is 10.4. The van der Waals surface area contributed by atoms with E-state index in [2.05, 4.69) is 71.8 Å². The molecule has 1 amide bonds. The van der Waals surface area contributed by atoms with Gasteiger partial charge in [-0.25, -0.2) is 5.43 Å². The second kappa shape index (κ2) is 15.3. The molecule has 1 saturated carbocycles. The van der Waals surface area contributed by atoms with E-state index in [0.717, 1.165) is 89.3 Å². The first kappa shape index (κ1) is 37.6. The highest BCUT2D eigenvalue weighted by atomic mass is 16.5. The summed E-state index contributed by atoms with van der Waals surface area (Å²) in [6.07, 6.45) is 6.60. The number of carbonyl (C=O) groups is 2. The zero-order valence-electron chi connectivity index (χ0n) is 33.0. The number of esters is 1. The van der Waals surface area contributed by atoms with Crippen molar-refractivity contribution in [1.82, 2.24) is 29.9 Å². The van der Waals surface area contributed by atoms with E-state index >= 15 is 0 Å². The molecule has 12 heteroatoms. The first-order chi connectivity index (χ1) is 26.5. The van der Waals surface area contributed by atoms with Crippen LogP contribution >= 0.6 is 0 Å². The molecule has 3 aliphatic heterocycles. The number of rotatable bonds is 6. The molecule has 4 aromatic rings. The highest BCUT2D eigenvalue weighted by molar-refractivity contribution is 5.95. The van der Waals surface area contributed by atoms with Crippen molar-refractivity contribution in [3.8, 4) is 22.5 Å². The zero-order valence-corrected chi connectivity index (χ0v) is 33.0. The van der Waals surface area contributed by atoms with Gasteiger partial charge in [0.15, 0.2) is 0 Å². The number of hydrogen-bond acceptors (Lipinski definition) is 10. The molecule has 1 aliphatic carbocycles. The van der Waals surface area contributed by atoms with Crippen LogP contribution in [0.1, 0.15) is 76.4 Å². The van der Waals surface area contributed by atoms with Gasteiger partial charge in [-0.15, -0.1) is 0 Å². The number of nitrogens with two attached hydrogens (primary N) is 1. The number of benzene rings is 1. The van der Waals surface area contributed by atoms with Gasteiger partial charge >= 0.3 is 5.97 Å². The molecule has 1 aromatic carbocycles. The van der Waals surface area contributed by atoms with Gasteiger partial charge in [0, 0.05) is 92.0 Å². The molecular weight excluding hydrogens is 693 g/mol. The highest BCUT2D eigenvalue weighted by Gasteiger charge is 2.35. The molecule has 292 valence electrons. The minimum atomic E-state index is -0.812. The summed E-state index contributed by atoms with van der Waals surface area (Å²) < 4.78 is 14.5. The predicted molar refractivity (Wildman–Crippen MR) is 214 cm³/mol. The summed E-state index contributed by atoms with van der Waals surface area (Å²) in [5.41, 5.74) is 18.2. The Morgan fingerprint density at radius 3 is 2.60 bits per heavy atom. The second-order valence-electron chi connectivity index (χ2n) is 16.6. The summed E-state index contributed by atoms with van der Waals surface area (Å²) in [6, 6.07) is 14.2. The zero-order chi connectivity index (χ0) is 38.4. The van der Waals surface area contributed by atoms with E-state index in [1.165, 1.54) is 23.4 Å². The molecule has 3 N–H and O–H groups in total. The lowest BCUT2D eigenvalue weighted by Gasteiger charge is -2.36. The smallest absolute Gasteiger partial charge is 0.324 e. The maximum absolute atomic E-state index is 13.6. The normalized spacial score (nSPS) is 23.1. The van der Waals surface area contributed by atoms with E-state index < -0.39 is 17.5 Å². The first-order valence-electron chi connectivity index (χ1n) is 20.2. The first-order valence-corrected chi connectivity index (χ1v) is 20.2. The lowest BCUT2D eigenvalue weighted by atomic mass is 9.84. The molecule has 8 rings (SSSR count). The summed E-state index contributed by atoms with van der Waals surface area (Å²) in [6.45, 7) is 14.1. The SMILES string of the molecule is CCn1c(-c2cc(N3CCN(C4CC4)CC3)cnc2[C@H](C)OC)c2c3cc(ccc31)-c1cccc(n1)C[C@H](N)C(=O)N1CCC[C@H](N1)C(=O)OCC(C)(C)C2. The fourth-order valence-electron chi connectivity index (χ4n) is 8.72. The molecule has 3 atom stereocenters. The van der Waals surface area contributed by atoms with Gasteiger partial charge in [-0.3, -0.25) is 29.5 Å². The van der Waals surface area contributed by atoms with E-state index in [-0.39, 0.29) is 31.0 Å². The van der Waals surface area contributed by atoms with Crippen molar-refractivity contribution >= 4 is 28.5 Å². The van der Waals surface area contributed by atoms with Gasteiger partial charge in [-0.1, -0.05) is 26.0 Å². The van der Waals surface area contributed by atoms with Crippen LogP contribution < -0.4 is 16.1 Å². The number of nitrogens with zero attached hydrogens (tertiary/aromatic N) is 6. The molecule has 0 radical (unpaired) electrons. The fourth-order valence-corrected chi connectivity index (χ4v) is 8.72. The van der Waals surface area contributed by atoms with Crippen LogP contribution in [0.15, 0.2) is 48.7 Å². The molecule has 3 aromatic heterocycles. The van der Waals surface area contributed by atoms with Crippen LogP contribution in [0.5, 0.6) is 0 Å². The maximum atomic E-state index is 13.6. The largest absolute Gasteiger partial charge is 0.464 e. The number of aromatic nitrogens is 3. The second-order valence-corrected chi connectivity index (χ2v) is 16.6. The highest BCUT2D eigenvalue weighted by Crippen LogP contribution is 2.43. The van der Waals surface area contributed by atoms with Crippen LogP contribution in [0.2, 0.25) is 0 Å². The van der Waals surface area contributed by atoms with E-state index in [9.17, 15) is 9.59 Å². The lowest BCUT2D eigenvalue weighted by Crippen LogP contribution is -2.59. The monoisotopic (exact) mass is 748 g/mol. The van der Waals surface area contributed by atoms with Gasteiger partial charge < -0.3 is 24.7 Å². The van der Waals surface area contributed by atoms with Crippen LogP contribution in [0.3, 0.4) is 0 Å². The van der Waals surface area contributed by atoms with Gasteiger partial charge in [0.05, 0.1) is 47.7 Å². The topological polar surface area (TPSA) is 131 Å². The number of cyclic esters (lactones) is 1. The Bertz CT molecular complexity index is 2070. The predicted octanol–water partition coefficient (Wildman–Crippen LogP) is 5.27. The summed E-state index contributed by atoms with van der Waals surface area (Å²) >= 11 is 0. The molecule has 12 nitrogen and oxygen atoms in total. The quantitative estimate of drug-likeness (QED) is 0.252. The summed E-state index contributed by atoms with van der Waals surface area (Å²) in [7, 11) is 1.74. The van der Waals surface area contributed by atoms with Crippen LogP contribution in [0.4, 0.5) is 5.69 Å². The molecular formula is C43H56N8O4. The number of hydrazine groups is 1. The van der Waals surface area contributed by atoms with E-state index in [4.69, 9.17) is 25.2 Å².